The fourth-order valence-electron chi connectivity index (χ4n) is 3.03. The van der Waals surface area contributed by atoms with E-state index in [0.717, 1.165) is 12.1 Å². The maximum atomic E-state index is 12.7. The highest BCUT2D eigenvalue weighted by Gasteiger charge is 2.35. The van der Waals surface area contributed by atoms with Crippen LogP contribution < -0.4 is 5.32 Å². The summed E-state index contributed by atoms with van der Waals surface area (Å²) in [4.78, 5) is 25.6. The molecule has 0 aliphatic carbocycles. The van der Waals surface area contributed by atoms with E-state index >= 15 is 0 Å². The zero-order chi connectivity index (χ0) is 17.9. The largest absolute Gasteiger partial charge is 0.416 e. The van der Waals surface area contributed by atoms with E-state index in [1.54, 1.807) is 11.8 Å². The summed E-state index contributed by atoms with van der Waals surface area (Å²) in [7, 11) is 0. The average Bonchev–Trinajstić information content (AvgIpc) is 2.89. The molecule has 1 heterocycles. The fourth-order valence-corrected chi connectivity index (χ4v) is 3.03. The smallest absolute Gasteiger partial charge is 0.356 e. The van der Waals surface area contributed by atoms with Crippen LogP contribution in [-0.2, 0) is 15.8 Å². The molecule has 1 saturated heterocycles. The van der Waals surface area contributed by atoms with Gasteiger partial charge in [-0.2, -0.15) is 13.2 Å². The van der Waals surface area contributed by atoms with Crippen LogP contribution in [0.1, 0.15) is 43.9 Å². The molecule has 1 aromatic carbocycles. The first-order chi connectivity index (χ1) is 11.2. The monoisotopic (exact) mass is 342 g/mol. The molecule has 1 aromatic rings. The zero-order valence-corrected chi connectivity index (χ0v) is 13.7. The molecule has 2 rings (SSSR count). The summed E-state index contributed by atoms with van der Waals surface area (Å²) in [6.45, 7) is 4.70. The summed E-state index contributed by atoms with van der Waals surface area (Å²) in [5.74, 6) is -0.404. The van der Waals surface area contributed by atoms with Gasteiger partial charge in [-0.25, -0.2) is 0 Å². The van der Waals surface area contributed by atoms with Crippen LogP contribution >= 0.6 is 0 Å². The number of hydrogen-bond acceptors (Lipinski definition) is 2. The first kappa shape index (κ1) is 18.3. The Labute approximate surface area is 139 Å². The summed E-state index contributed by atoms with van der Waals surface area (Å²) < 4.78 is 38.0. The number of amides is 2. The predicted molar refractivity (Wildman–Crippen MR) is 83.0 cm³/mol. The van der Waals surface area contributed by atoms with Gasteiger partial charge in [-0.15, -0.1) is 0 Å². The lowest BCUT2D eigenvalue weighted by molar-refractivity contribution is -0.138. The second-order valence-corrected chi connectivity index (χ2v) is 6.15. The molecule has 0 aromatic heterocycles. The van der Waals surface area contributed by atoms with Crippen molar-refractivity contribution in [3.8, 4) is 0 Å². The van der Waals surface area contributed by atoms with Gasteiger partial charge in [0, 0.05) is 13.1 Å². The number of rotatable bonds is 4. The van der Waals surface area contributed by atoms with Crippen molar-refractivity contribution in [1.82, 2.24) is 10.2 Å². The highest BCUT2D eigenvalue weighted by Crippen LogP contribution is 2.37. The van der Waals surface area contributed by atoms with Gasteiger partial charge in [0.2, 0.25) is 11.8 Å². The molecule has 1 aliphatic rings. The highest BCUT2D eigenvalue weighted by molar-refractivity contribution is 5.97. The van der Waals surface area contributed by atoms with Crippen LogP contribution in [0.3, 0.4) is 0 Å². The number of carbonyl (C=O) groups excluding carboxylic acids is 2. The van der Waals surface area contributed by atoms with Crippen molar-refractivity contribution in [2.24, 2.45) is 5.92 Å². The minimum Gasteiger partial charge on any atom is -0.356 e. The molecule has 24 heavy (non-hydrogen) atoms. The Morgan fingerprint density at radius 2 is 1.88 bits per heavy atom. The summed E-state index contributed by atoms with van der Waals surface area (Å²) in [5.41, 5.74) is -0.0471. The normalized spacial score (nSPS) is 21.0. The minimum absolute atomic E-state index is 0.232. The third-order valence-corrected chi connectivity index (χ3v) is 4.14. The molecule has 1 N–H and O–H groups in total. The Bertz CT molecular complexity index is 599. The molecule has 0 spiro atoms. The number of benzene rings is 1. The Morgan fingerprint density at radius 1 is 1.25 bits per heavy atom. The van der Waals surface area contributed by atoms with Crippen LogP contribution in [0.2, 0.25) is 0 Å². The van der Waals surface area contributed by atoms with Gasteiger partial charge in [0.1, 0.15) is 6.42 Å². The lowest BCUT2D eigenvalue weighted by atomic mass is 9.99. The molecule has 1 fully saturated rings. The van der Waals surface area contributed by atoms with Crippen molar-refractivity contribution in [2.45, 2.75) is 38.9 Å². The fraction of sp³-hybridized carbons (Fsp3) is 0.529. The maximum Gasteiger partial charge on any atom is 0.416 e. The quantitative estimate of drug-likeness (QED) is 0.855. The van der Waals surface area contributed by atoms with E-state index in [0.29, 0.717) is 25.1 Å². The molecule has 132 valence electrons. The standard InChI is InChI=1S/C17H21F3N2O2/c1-3-21-15(23)9-16(24)22-10-11(2)8-14(22)12-4-6-13(7-5-12)17(18,19)20/h4-7,11,14H,3,8-10H2,1-2H3,(H,21,23)/t11-,14-/m1/s1. The molecular weight excluding hydrogens is 321 g/mol. The van der Waals surface area contributed by atoms with Crippen molar-refractivity contribution >= 4 is 11.8 Å². The van der Waals surface area contributed by atoms with Crippen LogP contribution in [0.5, 0.6) is 0 Å². The van der Waals surface area contributed by atoms with Crippen LogP contribution in [0.25, 0.3) is 0 Å². The van der Waals surface area contributed by atoms with Crippen molar-refractivity contribution < 1.29 is 22.8 Å². The SMILES string of the molecule is CCNC(=O)CC(=O)N1C[C@H](C)C[C@@H]1c1ccc(C(F)(F)F)cc1. The number of likely N-dealkylation sites (tertiary alicyclic amines) is 1. The van der Waals surface area contributed by atoms with Crippen molar-refractivity contribution in [1.29, 1.82) is 0 Å². The molecule has 2 atom stereocenters. The van der Waals surface area contributed by atoms with Gasteiger partial charge in [-0.1, -0.05) is 19.1 Å². The van der Waals surface area contributed by atoms with E-state index in [2.05, 4.69) is 5.32 Å². The van der Waals surface area contributed by atoms with E-state index in [1.165, 1.54) is 12.1 Å². The van der Waals surface area contributed by atoms with Gasteiger partial charge in [-0.3, -0.25) is 9.59 Å². The van der Waals surface area contributed by atoms with E-state index in [4.69, 9.17) is 0 Å². The van der Waals surface area contributed by atoms with Gasteiger partial charge in [0.25, 0.3) is 0 Å². The number of alkyl halides is 3. The molecule has 7 heteroatoms. The van der Waals surface area contributed by atoms with Crippen LogP contribution in [-0.4, -0.2) is 29.8 Å². The van der Waals surface area contributed by atoms with Crippen LogP contribution in [0.4, 0.5) is 13.2 Å². The number of hydrogen-bond donors (Lipinski definition) is 1. The third-order valence-electron chi connectivity index (χ3n) is 4.14. The van der Waals surface area contributed by atoms with E-state index in [1.807, 2.05) is 6.92 Å². The number of carbonyl (C=O) groups is 2. The van der Waals surface area contributed by atoms with Gasteiger partial charge in [0.15, 0.2) is 0 Å². The molecule has 0 unspecified atom stereocenters. The Kier molecular flexibility index (Phi) is 5.51. The average molecular weight is 342 g/mol. The van der Waals surface area contributed by atoms with Crippen LogP contribution in [0.15, 0.2) is 24.3 Å². The molecular formula is C17H21F3N2O2. The topological polar surface area (TPSA) is 49.4 Å². The molecule has 0 saturated carbocycles. The maximum absolute atomic E-state index is 12.7. The number of halogens is 3. The summed E-state index contributed by atoms with van der Waals surface area (Å²) in [6, 6.07) is 4.61. The lowest BCUT2D eigenvalue weighted by Gasteiger charge is -2.25. The second-order valence-electron chi connectivity index (χ2n) is 6.15. The molecule has 0 radical (unpaired) electrons. The van der Waals surface area contributed by atoms with Gasteiger partial charge in [0.05, 0.1) is 11.6 Å². The third kappa shape index (κ3) is 4.27. The number of nitrogens with one attached hydrogen (secondary N) is 1. The molecule has 4 nitrogen and oxygen atoms in total. The summed E-state index contributed by atoms with van der Waals surface area (Å²) in [6.07, 6.45) is -3.94. The second kappa shape index (κ2) is 7.23. The Morgan fingerprint density at radius 3 is 2.42 bits per heavy atom. The minimum atomic E-state index is -4.38. The van der Waals surface area contributed by atoms with Crippen molar-refractivity contribution in [2.75, 3.05) is 13.1 Å². The zero-order valence-electron chi connectivity index (χ0n) is 13.7. The van der Waals surface area contributed by atoms with E-state index in [-0.39, 0.29) is 30.2 Å². The van der Waals surface area contributed by atoms with Crippen LogP contribution in [0, 0.1) is 5.92 Å². The van der Waals surface area contributed by atoms with Gasteiger partial charge < -0.3 is 10.2 Å². The molecule has 2 amide bonds. The lowest BCUT2D eigenvalue weighted by Crippen LogP contribution is -2.35. The van der Waals surface area contributed by atoms with Crippen molar-refractivity contribution in [3.63, 3.8) is 0 Å². The first-order valence-corrected chi connectivity index (χ1v) is 7.95. The first-order valence-electron chi connectivity index (χ1n) is 7.95. The molecule has 1 aliphatic heterocycles. The highest BCUT2D eigenvalue weighted by atomic mass is 19.4. The van der Waals surface area contributed by atoms with Gasteiger partial charge >= 0.3 is 6.18 Å². The van der Waals surface area contributed by atoms with Crippen molar-refractivity contribution in [3.05, 3.63) is 35.4 Å². The summed E-state index contributed by atoms with van der Waals surface area (Å²) in [5, 5.41) is 2.58. The Balaban J connectivity index is 2.15. The Hall–Kier alpha value is -2.05. The predicted octanol–water partition coefficient (Wildman–Crippen LogP) is 3.14. The summed E-state index contributed by atoms with van der Waals surface area (Å²) >= 11 is 0. The number of nitrogens with zero attached hydrogens (tertiary/aromatic N) is 1. The molecule has 0 bridgehead atoms. The van der Waals surface area contributed by atoms with Gasteiger partial charge in [-0.05, 0) is 37.0 Å². The van der Waals surface area contributed by atoms with E-state index in [9.17, 15) is 22.8 Å². The van der Waals surface area contributed by atoms with E-state index < -0.39 is 11.7 Å².